The molecule has 2 N–H and O–H groups in total. The third kappa shape index (κ3) is 2.33. The molecular weight excluding hydrogens is 262 g/mol. The number of hydrogen-bond acceptors (Lipinski definition) is 2. The molecule has 1 atom stereocenters. The van der Waals surface area contributed by atoms with E-state index in [9.17, 15) is 4.79 Å². The molecule has 1 aromatic carbocycles. The molecule has 0 spiro atoms. The number of nitrogens with zero attached hydrogens (tertiary/aromatic N) is 1. The molecule has 1 aromatic heterocycles. The van der Waals surface area contributed by atoms with Crippen LogP contribution in [0.4, 0.5) is 0 Å². The topological polar surface area (TPSA) is 48.1 Å². The third-order valence-corrected chi connectivity index (χ3v) is 4.82. The fourth-order valence-electron chi connectivity index (χ4n) is 3.65. The number of para-hydroxylation sites is 1. The van der Waals surface area contributed by atoms with E-state index in [0.29, 0.717) is 18.4 Å². The number of carbonyl (C=O) groups excluding carboxylic acids is 1. The van der Waals surface area contributed by atoms with Crippen LogP contribution in [0.3, 0.4) is 0 Å². The Labute approximate surface area is 124 Å². The van der Waals surface area contributed by atoms with Crippen molar-refractivity contribution in [1.29, 1.82) is 0 Å². The number of carbonyl (C=O) groups is 1. The first-order valence-corrected chi connectivity index (χ1v) is 7.91. The molecule has 2 aliphatic heterocycles. The van der Waals surface area contributed by atoms with Gasteiger partial charge in [-0.05, 0) is 25.5 Å². The Morgan fingerprint density at radius 3 is 3.10 bits per heavy atom. The molecule has 1 fully saturated rings. The number of benzene rings is 1. The molecule has 110 valence electrons. The highest BCUT2D eigenvalue weighted by Gasteiger charge is 2.26. The van der Waals surface area contributed by atoms with E-state index < -0.39 is 0 Å². The van der Waals surface area contributed by atoms with Crippen molar-refractivity contribution in [2.24, 2.45) is 0 Å². The summed E-state index contributed by atoms with van der Waals surface area (Å²) in [6.45, 7) is 2.65. The minimum absolute atomic E-state index is 0.297. The maximum absolute atomic E-state index is 12.5. The van der Waals surface area contributed by atoms with Gasteiger partial charge in [0.25, 0.3) is 0 Å². The Morgan fingerprint density at radius 1 is 1.33 bits per heavy atom. The van der Waals surface area contributed by atoms with Crippen molar-refractivity contribution in [2.75, 3.05) is 13.1 Å². The Morgan fingerprint density at radius 2 is 2.24 bits per heavy atom. The summed E-state index contributed by atoms with van der Waals surface area (Å²) in [5.74, 6) is 0.297. The number of rotatable bonds is 2. The van der Waals surface area contributed by atoms with Gasteiger partial charge in [0.2, 0.25) is 5.91 Å². The SMILES string of the molecule is O=C(CC1CCCN1)N1CCc2[nH]c3ccccc3c2C1. The van der Waals surface area contributed by atoms with Gasteiger partial charge in [-0.2, -0.15) is 0 Å². The van der Waals surface area contributed by atoms with Crippen molar-refractivity contribution < 1.29 is 4.79 Å². The van der Waals surface area contributed by atoms with E-state index in [0.717, 1.165) is 32.5 Å². The highest BCUT2D eigenvalue weighted by Crippen LogP contribution is 2.28. The van der Waals surface area contributed by atoms with Crippen LogP contribution in [-0.2, 0) is 17.8 Å². The second-order valence-corrected chi connectivity index (χ2v) is 6.19. The zero-order valence-electron chi connectivity index (χ0n) is 12.2. The summed E-state index contributed by atoms with van der Waals surface area (Å²) < 4.78 is 0. The van der Waals surface area contributed by atoms with E-state index in [2.05, 4.69) is 34.6 Å². The Kier molecular flexibility index (Phi) is 3.19. The predicted molar refractivity (Wildman–Crippen MR) is 83.1 cm³/mol. The number of aromatic amines is 1. The van der Waals surface area contributed by atoms with Gasteiger partial charge in [0.15, 0.2) is 0 Å². The fraction of sp³-hybridized carbons (Fsp3) is 0.471. The normalized spacial score (nSPS) is 21.7. The van der Waals surface area contributed by atoms with Crippen molar-refractivity contribution in [3.05, 3.63) is 35.5 Å². The van der Waals surface area contributed by atoms with Gasteiger partial charge >= 0.3 is 0 Å². The van der Waals surface area contributed by atoms with Crippen LogP contribution in [-0.4, -0.2) is 34.9 Å². The molecule has 4 nitrogen and oxygen atoms in total. The molecule has 4 heteroatoms. The summed E-state index contributed by atoms with van der Waals surface area (Å²) >= 11 is 0. The zero-order valence-corrected chi connectivity index (χ0v) is 12.2. The van der Waals surface area contributed by atoms with Gasteiger partial charge < -0.3 is 15.2 Å². The molecule has 3 heterocycles. The fourth-order valence-corrected chi connectivity index (χ4v) is 3.65. The molecule has 1 saturated heterocycles. The predicted octanol–water partition coefficient (Wildman–Crippen LogP) is 2.19. The van der Waals surface area contributed by atoms with Crippen LogP contribution in [0, 0.1) is 0 Å². The number of fused-ring (bicyclic) bond motifs is 3. The van der Waals surface area contributed by atoms with E-state index in [4.69, 9.17) is 0 Å². The summed E-state index contributed by atoms with van der Waals surface area (Å²) in [6, 6.07) is 8.78. The monoisotopic (exact) mass is 283 g/mol. The van der Waals surface area contributed by atoms with Crippen molar-refractivity contribution >= 4 is 16.8 Å². The summed E-state index contributed by atoms with van der Waals surface area (Å²) in [5, 5.41) is 4.68. The van der Waals surface area contributed by atoms with E-state index >= 15 is 0 Å². The van der Waals surface area contributed by atoms with Gasteiger partial charge in [0, 0.05) is 54.1 Å². The van der Waals surface area contributed by atoms with Crippen LogP contribution in [0.5, 0.6) is 0 Å². The van der Waals surface area contributed by atoms with Crippen molar-refractivity contribution in [1.82, 2.24) is 15.2 Å². The van der Waals surface area contributed by atoms with Crippen molar-refractivity contribution in [3.8, 4) is 0 Å². The van der Waals surface area contributed by atoms with Gasteiger partial charge in [-0.3, -0.25) is 4.79 Å². The standard InChI is InChI=1S/C17H21N3O/c21-17(10-12-4-3-8-18-12)20-9-7-16-14(11-20)13-5-1-2-6-15(13)19-16/h1-2,5-6,12,18-19H,3-4,7-11H2. The lowest BCUT2D eigenvalue weighted by atomic mass is 10.0. The second kappa shape index (κ2) is 5.19. The quantitative estimate of drug-likeness (QED) is 0.887. The maximum atomic E-state index is 12.5. The van der Waals surface area contributed by atoms with Gasteiger partial charge in [0.1, 0.15) is 0 Å². The lowest BCUT2D eigenvalue weighted by Gasteiger charge is -2.28. The number of H-pyrrole nitrogens is 1. The molecule has 21 heavy (non-hydrogen) atoms. The zero-order chi connectivity index (χ0) is 14.2. The molecule has 2 aromatic rings. The van der Waals surface area contributed by atoms with Gasteiger partial charge in [-0.25, -0.2) is 0 Å². The van der Waals surface area contributed by atoms with Crippen LogP contribution < -0.4 is 5.32 Å². The minimum atomic E-state index is 0.297. The maximum Gasteiger partial charge on any atom is 0.224 e. The minimum Gasteiger partial charge on any atom is -0.358 e. The average Bonchev–Trinajstić information content (AvgIpc) is 3.13. The van der Waals surface area contributed by atoms with Crippen LogP contribution >= 0.6 is 0 Å². The molecule has 0 radical (unpaired) electrons. The lowest BCUT2D eigenvalue weighted by Crippen LogP contribution is -2.39. The summed E-state index contributed by atoms with van der Waals surface area (Å²) in [5.41, 5.74) is 3.80. The highest BCUT2D eigenvalue weighted by atomic mass is 16.2. The van der Waals surface area contributed by atoms with E-state index in [1.165, 1.54) is 28.6 Å². The molecular formula is C17H21N3O. The molecule has 0 aliphatic carbocycles. The summed E-state index contributed by atoms with van der Waals surface area (Å²) in [6.07, 6.45) is 3.92. The van der Waals surface area contributed by atoms with Crippen LogP contribution in [0.25, 0.3) is 10.9 Å². The van der Waals surface area contributed by atoms with E-state index in [1.807, 2.05) is 4.90 Å². The molecule has 1 amide bonds. The van der Waals surface area contributed by atoms with Gasteiger partial charge in [-0.15, -0.1) is 0 Å². The van der Waals surface area contributed by atoms with Crippen molar-refractivity contribution in [2.45, 2.75) is 38.3 Å². The average molecular weight is 283 g/mol. The largest absolute Gasteiger partial charge is 0.358 e. The van der Waals surface area contributed by atoms with Gasteiger partial charge in [0.05, 0.1) is 0 Å². The first-order valence-electron chi connectivity index (χ1n) is 7.91. The van der Waals surface area contributed by atoms with Crippen LogP contribution in [0.1, 0.15) is 30.5 Å². The first kappa shape index (κ1) is 12.9. The molecule has 0 bridgehead atoms. The molecule has 1 unspecified atom stereocenters. The lowest BCUT2D eigenvalue weighted by molar-refractivity contribution is -0.132. The number of aromatic nitrogens is 1. The summed E-state index contributed by atoms with van der Waals surface area (Å²) in [4.78, 5) is 18.0. The number of nitrogens with one attached hydrogen (secondary N) is 2. The number of hydrogen-bond donors (Lipinski definition) is 2. The molecule has 2 aliphatic rings. The molecule has 4 rings (SSSR count). The van der Waals surface area contributed by atoms with Crippen LogP contribution in [0.2, 0.25) is 0 Å². The van der Waals surface area contributed by atoms with Gasteiger partial charge in [-0.1, -0.05) is 18.2 Å². The molecule has 0 saturated carbocycles. The van der Waals surface area contributed by atoms with E-state index in [1.54, 1.807) is 0 Å². The van der Waals surface area contributed by atoms with E-state index in [-0.39, 0.29) is 0 Å². The first-order chi connectivity index (χ1) is 10.3. The number of amides is 1. The Hall–Kier alpha value is -1.81. The summed E-state index contributed by atoms with van der Waals surface area (Å²) in [7, 11) is 0. The Bertz CT molecular complexity index is 670. The second-order valence-electron chi connectivity index (χ2n) is 6.19. The highest BCUT2D eigenvalue weighted by molar-refractivity contribution is 5.86. The smallest absolute Gasteiger partial charge is 0.224 e. The third-order valence-electron chi connectivity index (χ3n) is 4.82. The Balaban J connectivity index is 1.54. The van der Waals surface area contributed by atoms with Crippen LogP contribution in [0.15, 0.2) is 24.3 Å². The van der Waals surface area contributed by atoms with Crippen molar-refractivity contribution in [3.63, 3.8) is 0 Å².